The van der Waals surface area contributed by atoms with Crippen LogP contribution in [0.15, 0.2) is 34.1 Å². The minimum atomic E-state index is 0.398. The number of aromatic nitrogens is 1. The van der Waals surface area contributed by atoms with Crippen LogP contribution < -0.4 is 0 Å². The van der Waals surface area contributed by atoms with Gasteiger partial charge in [0.15, 0.2) is 0 Å². The van der Waals surface area contributed by atoms with Gasteiger partial charge in [-0.1, -0.05) is 28.1 Å². The Bertz CT molecular complexity index is 528. The number of hydrogen-bond donors (Lipinski definition) is 0. The second kappa shape index (κ2) is 5.24. The van der Waals surface area contributed by atoms with Gasteiger partial charge in [0, 0.05) is 16.3 Å². The van der Waals surface area contributed by atoms with E-state index in [-0.39, 0.29) is 0 Å². The van der Waals surface area contributed by atoms with Crippen LogP contribution in [0.5, 0.6) is 0 Å². The molecule has 1 heterocycles. The fourth-order valence-electron chi connectivity index (χ4n) is 1.41. The van der Waals surface area contributed by atoms with Gasteiger partial charge in [-0.3, -0.25) is 0 Å². The van der Waals surface area contributed by atoms with E-state index in [0.29, 0.717) is 6.42 Å². The maximum absolute atomic E-state index is 8.56. The van der Waals surface area contributed by atoms with E-state index in [9.17, 15) is 0 Å². The van der Waals surface area contributed by atoms with Crippen molar-refractivity contribution in [3.63, 3.8) is 0 Å². The van der Waals surface area contributed by atoms with E-state index in [2.05, 4.69) is 39.1 Å². The summed E-state index contributed by atoms with van der Waals surface area (Å²) in [4.78, 5) is 4.41. The highest BCUT2D eigenvalue weighted by atomic mass is 79.9. The molecule has 0 amide bonds. The molecule has 0 aliphatic heterocycles. The van der Waals surface area contributed by atoms with Crippen molar-refractivity contribution >= 4 is 27.3 Å². The van der Waals surface area contributed by atoms with Crippen LogP contribution in [0.3, 0.4) is 0 Å². The molecule has 0 saturated carbocycles. The molecule has 0 fully saturated rings. The van der Waals surface area contributed by atoms with E-state index in [1.54, 1.807) is 11.3 Å². The predicted molar refractivity (Wildman–Crippen MR) is 68.4 cm³/mol. The fraction of sp³-hybridized carbons (Fsp3) is 0.167. The van der Waals surface area contributed by atoms with Crippen molar-refractivity contribution in [1.82, 2.24) is 4.98 Å². The zero-order chi connectivity index (χ0) is 11.4. The second-order valence-electron chi connectivity index (χ2n) is 3.37. The number of benzene rings is 1. The summed E-state index contributed by atoms with van der Waals surface area (Å²) in [5, 5.41) is 11.6. The van der Waals surface area contributed by atoms with E-state index in [1.807, 2.05) is 17.5 Å². The van der Waals surface area contributed by atoms with Gasteiger partial charge in [0.25, 0.3) is 0 Å². The SMILES string of the molecule is N#CCc1csc(Cc2cccc(Br)c2)n1. The fourth-order valence-corrected chi connectivity index (χ4v) is 2.69. The van der Waals surface area contributed by atoms with Crippen molar-refractivity contribution in [2.75, 3.05) is 0 Å². The Balaban J connectivity index is 2.12. The first-order valence-electron chi connectivity index (χ1n) is 4.82. The monoisotopic (exact) mass is 292 g/mol. The summed E-state index contributed by atoms with van der Waals surface area (Å²) in [5.74, 6) is 0. The van der Waals surface area contributed by atoms with Crippen molar-refractivity contribution in [3.05, 3.63) is 50.4 Å². The molecule has 0 aliphatic rings. The van der Waals surface area contributed by atoms with Gasteiger partial charge in [0.2, 0.25) is 0 Å². The maximum atomic E-state index is 8.56. The van der Waals surface area contributed by atoms with Crippen LogP contribution in [0.2, 0.25) is 0 Å². The van der Waals surface area contributed by atoms with E-state index in [1.165, 1.54) is 5.56 Å². The average molecular weight is 293 g/mol. The largest absolute Gasteiger partial charge is 0.245 e. The third kappa shape index (κ3) is 2.91. The van der Waals surface area contributed by atoms with Crippen molar-refractivity contribution in [1.29, 1.82) is 5.26 Å². The Kier molecular flexibility index (Phi) is 3.70. The Labute approximate surface area is 107 Å². The van der Waals surface area contributed by atoms with Crippen LogP contribution in [-0.4, -0.2) is 4.98 Å². The number of nitrogens with zero attached hydrogens (tertiary/aromatic N) is 2. The highest BCUT2D eigenvalue weighted by molar-refractivity contribution is 9.10. The van der Waals surface area contributed by atoms with Gasteiger partial charge >= 0.3 is 0 Å². The van der Waals surface area contributed by atoms with E-state index in [0.717, 1.165) is 21.6 Å². The molecule has 0 unspecified atom stereocenters. The Morgan fingerprint density at radius 1 is 1.44 bits per heavy atom. The van der Waals surface area contributed by atoms with Crippen molar-refractivity contribution in [2.24, 2.45) is 0 Å². The van der Waals surface area contributed by atoms with Gasteiger partial charge < -0.3 is 0 Å². The number of halogens is 1. The molecular formula is C12H9BrN2S. The maximum Gasteiger partial charge on any atom is 0.0972 e. The van der Waals surface area contributed by atoms with Gasteiger partial charge in [-0.15, -0.1) is 11.3 Å². The van der Waals surface area contributed by atoms with Gasteiger partial charge in [-0.05, 0) is 17.7 Å². The van der Waals surface area contributed by atoms with E-state index < -0.39 is 0 Å². The molecule has 0 saturated heterocycles. The summed E-state index contributed by atoms with van der Waals surface area (Å²) < 4.78 is 1.08. The lowest BCUT2D eigenvalue weighted by molar-refractivity contribution is 1.07. The highest BCUT2D eigenvalue weighted by Gasteiger charge is 2.03. The van der Waals surface area contributed by atoms with Crippen LogP contribution in [0.25, 0.3) is 0 Å². The molecular weight excluding hydrogens is 284 g/mol. The van der Waals surface area contributed by atoms with Crippen LogP contribution in [0.4, 0.5) is 0 Å². The quantitative estimate of drug-likeness (QED) is 0.867. The molecule has 4 heteroatoms. The van der Waals surface area contributed by atoms with Crippen molar-refractivity contribution < 1.29 is 0 Å². The summed E-state index contributed by atoms with van der Waals surface area (Å²) >= 11 is 5.06. The second-order valence-corrected chi connectivity index (χ2v) is 5.23. The Morgan fingerprint density at radius 2 is 2.31 bits per heavy atom. The first-order chi connectivity index (χ1) is 7.78. The summed E-state index contributed by atoms with van der Waals surface area (Å²) in [5.41, 5.74) is 2.10. The van der Waals surface area contributed by atoms with Crippen molar-refractivity contribution in [2.45, 2.75) is 12.8 Å². The zero-order valence-electron chi connectivity index (χ0n) is 8.48. The number of rotatable bonds is 3. The zero-order valence-corrected chi connectivity index (χ0v) is 10.9. The van der Waals surface area contributed by atoms with Crippen LogP contribution >= 0.6 is 27.3 Å². The van der Waals surface area contributed by atoms with Gasteiger partial charge in [0.05, 0.1) is 23.2 Å². The van der Waals surface area contributed by atoms with E-state index in [4.69, 9.17) is 5.26 Å². The molecule has 0 radical (unpaired) electrons. The van der Waals surface area contributed by atoms with Gasteiger partial charge in [0.1, 0.15) is 0 Å². The molecule has 16 heavy (non-hydrogen) atoms. The smallest absolute Gasteiger partial charge is 0.0972 e. The molecule has 0 spiro atoms. The first-order valence-corrected chi connectivity index (χ1v) is 6.50. The van der Waals surface area contributed by atoms with Gasteiger partial charge in [-0.25, -0.2) is 4.98 Å². The minimum Gasteiger partial charge on any atom is -0.245 e. The van der Waals surface area contributed by atoms with Crippen molar-refractivity contribution in [3.8, 4) is 6.07 Å². The average Bonchev–Trinajstić information content (AvgIpc) is 2.66. The molecule has 0 bridgehead atoms. The van der Waals surface area contributed by atoms with Gasteiger partial charge in [-0.2, -0.15) is 5.26 Å². The summed E-state index contributed by atoms with van der Waals surface area (Å²) in [6, 6.07) is 10.3. The number of thiazole rings is 1. The predicted octanol–water partition coefficient (Wildman–Crippen LogP) is 3.56. The molecule has 2 aromatic rings. The number of nitriles is 1. The van der Waals surface area contributed by atoms with Crippen LogP contribution in [-0.2, 0) is 12.8 Å². The third-order valence-electron chi connectivity index (χ3n) is 2.10. The lowest BCUT2D eigenvalue weighted by Gasteiger charge is -1.98. The molecule has 1 aromatic carbocycles. The van der Waals surface area contributed by atoms with Crippen LogP contribution in [0.1, 0.15) is 16.3 Å². The lowest BCUT2D eigenvalue weighted by Crippen LogP contribution is -1.88. The summed E-state index contributed by atoms with van der Waals surface area (Å²) in [6.45, 7) is 0. The molecule has 80 valence electrons. The molecule has 0 N–H and O–H groups in total. The standard InChI is InChI=1S/C12H9BrN2S/c13-10-3-1-2-9(6-10)7-12-15-11(4-5-14)8-16-12/h1-3,6,8H,4,7H2. The lowest BCUT2D eigenvalue weighted by atomic mass is 10.2. The first kappa shape index (κ1) is 11.3. The molecule has 2 rings (SSSR count). The topological polar surface area (TPSA) is 36.7 Å². The molecule has 0 aliphatic carbocycles. The summed E-state index contributed by atoms with van der Waals surface area (Å²) in [6.07, 6.45) is 1.23. The highest BCUT2D eigenvalue weighted by Crippen LogP contribution is 2.18. The summed E-state index contributed by atoms with van der Waals surface area (Å²) in [7, 11) is 0. The molecule has 0 atom stereocenters. The van der Waals surface area contributed by atoms with Crippen LogP contribution in [0, 0.1) is 11.3 Å². The Morgan fingerprint density at radius 3 is 3.06 bits per heavy atom. The Hall–Kier alpha value is -1.18. The molecule has 2 nitrogen and oxygen atoms in total. The molecule has 1 aromatic heterocycles. The third-order valence-corrected chi connectivity index (χ3v) is 3.49. The minimum absolute atomic E-state index is 0.398. The normalized spacial score (nSPS) is 10.0. The number of hydrogen-bond acceptors (Lipinski definition) is 3. The van der Waals surface area contributed by atoms with E-state index >= 15 is 0 Å².